The fraction of sp³-hybridized carbons (Fsp3) is 0.308. The van der Waals surface area contributed by atoms with Crippen molar-refractivity contribution in [2.24, 2.45) is 11.8 Å². The van der Waals surface area contributed by atoms with Crippen LogP contribution in [0.15, 0.2) is 30.3 Å². The highest BCUT2D eigenvalue weighted by molar-refractivity contribution is 6.30. The van der Waals surface area contributed by atoms with E-state index in [9.17, 15) is 18.0 Å². The van der Waals surface area contributed by atoms with E-state index in [1.807, 2.05) is 0 Å². The number of alkyl halides is 3. The summed E-state index contributed by atoms with van der Waals surface area (Å²) in [5.41, 5.74) is -0.814. The molecule has 2 rings (SSSR count). The third kappa shape index (κ3) is 3.29. The maximum Gasteiger partial charge on any atom is 0.416 e. The number of rotatable bonds is 3. The van der Waals surface area contributed by atoms with Gasteiger partial charge in [-0.2, -0.15) is 13.2 Å². The molecule has 2 nitrogen and oxygen atoms in total. The van der Waals surface area contributed by atoms with E-state index in [1.54, 1.807) is 0 Å². The van der Waals surface area contributed by atoms with Crippen LogP contribution in [-0.4, -0.2) is 17.3 Å². The van der Waals surface area contributed by atoms with E-state index in [1.165, 1.54) is 24.3 Å². The Bertz CT molecular complexity index is 520. The van der Waals surface area contributed by atoms with E-state index in [2.05, 4.69) is 0 Å². The molecule has 0 amide bonds. The molecular formula is C13H10ClF3O2. The number of aliphatic carboxylic acids is 1. The van der Waals surface area contributed by atoms with Gasteiger partial charge in [0.25, 0.3) is 0 Å². The van der Waals surface area contributed by atoms with Crippen molar-refractivity contribution in [3.63, 3.8) is 0 Å². The third-order valence-electron chi connectivity index (χ3n) is 3.00. The normalized spacial score (nSPS) is 23.3. The van der Waals surface area contributed by atoms with Crippen molar-refractivity contribution in [1.29, 1.82) is 0 Å². The second-order valence-corrected chi connectivity index (χ2v) is 4.87. The Morgan fingerprint density at radius 1 is 1.32 bits per heavy atom. The molecule has 0 aliphatic heterocycles. The second-order valence-electron chi connectivity index (χ2n) is 4.43. The van der Waals surface area contributed by atoms with Crippen molar-refractivity contribution in [3.05, 3.63) is 40.9 Å². The van der Waals surface area contributed by atoms with Gasteiger partial charge < -0.3 is 5.11 Å². The number of hydrogen-bond acceptors (Lipinski definition) is 1. The van der Waals surface area contributed by atoms with Crippen LogP contribution >= 0.6 is 11.6 Å². The van der Waals surface area contributed by atoms with Crippen LogP contribution in [0, 0.1) is 11.8 Å². The first-order chi connectivity index (χ1) is 8.79. The van der Waals surface area contributed by atoms with Crippen LogP contribution in [0.1, 0.15) is 12.0 Å². The fourth-order valence-corrected chi connectivity index (χ4v) is 2.01. The molecule has 0 aromatic heterocycles. The van der Waals surface area contributed by atoms with Crippen molar-refractivity contribution in [2.45, 2.75) is 12.6 Å². The summed E-state index contributed by atoms with van der Waals surface area (Å²) in [7, 11) is 0. The molecule has 0 radical (unpaired) electrons. The molecule has 1 aromatic carbocycles. The summed E-state index contributed by atoms with van der Waals surface area (Å²) < 4.78 is 38.9. The first kappa shape index (κ1) is 13.9. The van der Waals surface area contributed by atoms with Gasteiger partial charge in [-0.25, -0.2) is 0 Å². The number of allylic oxidation sites excluding steroid dienone is 2. The lowest BCUT2D eigenvalue weighted by molar-refractivity contribution is -0.138. The van der Waals surface area contributed by atoms with Crippen LogP contribution in [-0.2, 0) is 4.79 Å². The molecule has 2 atom stereocenters. The van der Waals surface area contributed by atoms with Gasteiger partial charge in [0.15, 0.2) is 0 Å². The Morgan fingerprint density at radius 2 is 1.89 bits per heavy atom. The van der Waals surface area contributed by atoms with E-state index >= 15 is 0 Å². The smallest absolute Gasteiger partial charge is 0.416 e. The highest BCUT2D eigenvalue weighted by atomic mass is 35.5. The molecule has 102 valence electrons. The minimum absolute atomic E-state index is 0.00654. The summed E-state index contributed by atoms with van der Waals surface area (Å²) in [6, 6.07) is 5.30. The van der Waals surface area contributed by atoms with Gasteiger partial charge in [-0.3, -0.25) is 4.79 Å². The average molecular weight is 291 g/mol. The first-order valence-corrected chi connectivity index (χ1v) is 5.94. The molecule has 0 heterocycles. The summed E-state index contributed by atoms with van der Waals surface area (Å²) in [6.45, 7) is 0. The quantitative estimate of drug-likeness (QED) is 0.913. The van der Waals surface area contributed by atoms with Gasteiger partial charge >= 0.3 is 12.1 Å². The van der Waals surface area contributed by atoms with Crippen molar-refractivity contribution in [1.82, 2.24) is 0 Å². The third-order valence-corrected chi connectivity index (χ3v) is 3.25. The molecule has 0 saturated heterocycles. The van der Waals surface area contributed by atoms with E-state index in [0.29, 0.717) is 5.02 Å². The molecule has 1 saturated carbocycles. The molecule has 1 fully saturated rings. The summed E-state index contributed by atoms with van der Waals surface area (Å²) in [5.74, 6) is -2.31. The molecule has 1 N–H and O–H groups in total. The molecule has 0 bridgehead atoms. The first-order valence-electron chi connectivity index (χ1n) is 5.57. The van der Waals surface area contributed by atoms with Crippen molar-refractivity contribution >= 4 is 23.1 Å². The zero-order valence-electron chi connectivity index (χ0n) is 9.62. The highest BCUT2D eigenvalue weighted by Crippen LogP contribution is 2.44. The van der Waals surface area contributed by atoms with Gasteiger partial charge in [-0.15, -0.1) is 0 Å². The largest absolute Gasteiger partial charge is 0.481 e. The van der Waals surface area contributed by atoms with Crippen LogP contribution in [0.25, 0.3) is 5.57 Å². The second kappa shape index (κ2) is 4.89. The molecule has 2 unspecified atom stereocenters. The fourth-order valence-electron chi connectivity index (χ4n) is 1.88. The summed E-state index contributed by atoms with van der Waals surface area (Å²) in [5, 5.41) is 9.07. The summed E-state index contributed by atoms with van der Waals surface area (Å²) in [4.78, 5) is 10.7. The monoisotopic (exact) mass is 290 g/mol. The maximum absolute atomic E-state index is 13.0. The number of carboxylic acid groups (broad SMARTS) is 1. The predicted octanol–water partition coefficient (Wildman–Crippen LogP) is 4.01. The standard InChI is InChI=1S/C13H10ClF3O2/c14-9-3-1-7(2-4-9)11(13(15,16)17)6-8-5-10(8)12(18)19/h1-4,6,8,10H,5H2,(H,18,19)/b11-6-. The lowest BCUT2D eigenvalue weighted by Crippen LogP contribution is -2.11. The van der Waals surface area contributed by atoms with E-state index in [0.717, 1.165) is 6.08 Å². The van der Waals surface area contributed by atoms with Crippen molar-refractivity contribution in [2.75, 3.05) is 0 Å². The average Bonchev–Trinajstić information content (AvgIpc) is 3.05. The lowest BCUT2D eigenvalue weighted by Gasteiger charge is -2.12. The SMILES string of the molecule is O=C(O)C1CC1/C=C(/c1ccc(Cl)cc1)C(F)(F)F. The molecule has 19 heavy (non-hydrogen) atoms. The van der Waals surface area contributed by atoms with Crippen LogP contribution < -0.4 is 0 Å². The minimum atomic E-state index is -4.51. The predicted molar refractivity (Wildman–Crippen MR) is 64.7 cm³/mol. The Labute approximate surface area is 112 Å². The summed E-state index contributed by atoms with van der Waals surface area (Å²) >= 11 is 5.63. The Hall–Kier alpha value is -1.49. The van der Waals surface area contributed by atoms with E-state index in [-0.39, 0.29) is 12.0 Å². The van der Waals surface area contributed by atoms with Gasteiger partial charge in [0.1, 0.15) is 0 Å². The zero-order valence-corrected chi connectivity index (χ0v) is 10.4. The molecule has 1 aliphatic rings. The zero-order chi connectivity index (χ0) is 14.2. The molecule has 1 aromatic rings. The van der Waals surface area contributed by atoms with Gasteiger partial charge in [-0.05, 0) is 30.0 Å². The number of benzene rings is 1. The Kier molecular flexibility index (Phi) is 3.58. The molecule has 6 heteroatoms. The number of hydrogen-bond donors (Lipinski definition) is 1. The molecule has 1 aliphatic carbocycles. The van der Waals surface area contributed by atoms with Crippen LogP contribution in [0.2, 0.25) is 5.02 Å². The van der Waals surface area contributed by atoms with Gasteiger partial charge in [0.05, 0.1) is 11.5 Å². The number of halogens is 4. The highest BCUT2D eigenvalue weighted by Gasteiger charge is 2.44. The Balaban J connectivity index is 2.30. The lowest BCUT2D eigenvalue weighted by atomic mass is 10.0. The minimum Gasteiger partial charge on any atom is -0.481 e. The molecule has 0 spiro atoms. The molecular weight excluding hydrogens is 281 g/mol. The van der Waals surface area contributed by atoms with Crippen LogP contribution in [0.4, 0.5) is 13.2 Å². The van der Waals surface area contributed by atoms with E-state index in [4.69, 9.17) is 16.7 Å². The topological polar surface area (TPSA) is 37.3 Å². The number of carboxylic acids is 1. The van der Waals surface area contributed by atoms with Gasteiger partial charge in [0, 0.05) is 5.02 Å². The van der Waals surface area contributed by atoms with Gasteiger partial charge in [-0.1, -0.05) is 29.8 Å². The van der Waals surface area contributed by atoms with Crippen LogP contribution in [0.3, 0.4) is 0 Å². The van der Waals surface area contributed by atoms with E-state index < -0.39 is 29.6 Å². The maximum atomic E-state index is 13.0. The Morgan fingerprint density at radius 3 is 2.32 bits per heavy atom. The number of carbonyl (C=O) groups is 1. The van der Waals surface area contributed by atoms with Gasteiger partial charge in [0.2, 0.25) is 0 Å². The van der Waals surface area contributed by atoms with Crippen molar-refractivity contribution < 1.29 is 23.1 Å². The van der Waals surface area contributed by atoms with Crippen molar-refractivity contribution in [3.8, 4) is 0 Å². The van der Waals surface area contributed by atoms with Crippen LogP contribution in [0.5, 0.6) is 0 Å². The summed E-state index contributed by atoms with van der Waals surface area (Å²) in [6.07, 6.45) is -3.26.